The molecular formula is C16H17FN2O. The van der Waals surface area contributed by atoms with Crippen molar-refractivity contribution in [2.45, 2.75) is 19.9 Å². The van der Waals surface area contributed by atoms with E-state index in [1.807, 2.05) is 26.0 Å². The number of hydrogen-bond donors (Lipinski definition) is 2. The van der Waals surface area contributed by atoms with Crippen LogP contribution in [0, 0.1) is 12.7 Å². The standard InChI is InChI=1S/C16H17FN2O/c1-10-6-7-15(17)14(8-10)16(20)19-11(2)12-4-3-5-13(18)9-12/h3-9,11H,18H2,1-2H3,(H,19,20). The van der Waals surface area contributed by atoms with E-state index in [1.165, 1.54) is 12.1 Å². The highest BCUT2D eigenvalue weighted by Gasteiger charge is 2.15. The minimum Gasteiger partial charge on any atom is -0.399 e. The summed E-state index contributed by atoms with van der Waals surface area (Å²) in [5.41, 5.74) is 8.12. The van der Waals surface area contributed by atoms with Crippen LogP contribution in [0.15, 0.2) is 42.5 Å². The molecule has 2 rings (SSSR count). The summed E-state index contributed by atoms with van der Waals surface area (Å²) in [6.07, 6.45) is 0. The summed E-state index contributed by atoms with van der Waals surface area (Å²) in [5, 5.41) is 2.77. The minimum atomic E-state index is -0.520. The van der Waals surface area contributed by atoms with Crippen molar-refractivity contribution in [1.82, 2.24) is 5.32 Å². The minimum absolute atomic E-state index is 0.0563. The van der Waals surface area contributed by atoms with Crippen molar-refractivity contribution in [3.63, 3.8) is 0 Å². The van der Waals surface area contributed by atoms with Crippen LogP contribution in [0.5, 0.6) is 0 Å². The van der Waals surface area contributed by atoms with Gasteiger partial charge in [-0.1, -0.05) is 23.8 Å². The number of anilines is 1. The first-order chi connectivity index (χ1) is 9.47. The van der Waals surface area contributed by atoms with Gasteiger partial charge in [0.25, 0.3) is 5.91 Å². The van der Waals surface area contributed by atoms with Crippen molar-refractivity contribution in [3.8, 4) is 0 Å². The van der Waals surface area contributed by atoms with E-state index >= 15 is 0 Å². The molecule has 3 nitrogen and oxygen atoms in total. The van der Waals surface area contributed by atoms with Crippen molar-refractivity contribution in [2.75, 3.05) is 5.73 Å². The third-order valence-electron chi connectivity index (χ3n) is 3.12. The molecule has 0 aromatic heterocycles. The van der Waals surface area contributed by atoms with Crippen LogP contribution < -0.4 is 11.1 Å². The van der Waals surface area contributed by atoms with Crippen molar-refractivity contribution >= 4 is 11.6 Å². The molecule has 0 saturated heterocycles. The molecule has 0 bridgehead atoms. The number of aryl methyl sites for hydroxylation is 1. The fourth-order valence-electron chi connectivity index (χ4n) is 2.00. The topological polar surface area (TPSA) is 55.1 Å². The highest BCUT2D eigenvalue weighted by atomic mass is 19.1. The molecule has 0 radical (unpaired) electrons. The monoisotopic (exact) mass is 272 g/mol. The fourth-order valence-corrected chi connectivity index (χ4v) is 2.00. The zero-order chi connectivity index (χ0) is 14.7. The third kappa shape index (κ3) is 3.15. The molecule has 0 heterocycles. The Bertz CT molecular complexity index is 640. The summed E-state index contributed by atoms with van der Waals surface area (Å²) in [5.74, 6) is -0.950. The van der Waals surface area contributed by atoms with E-state index in [2.05, 4.69) is 5.32 Å². The number of benzene rings is 2. The summed E-state index contributed by atoms with van der Waals surface area (Å²) in [4.78, 5) is 12.1. The van der Waals surface area contributed by atoms with E-state index in [0.29, 0.717) is 5.69 Å². The molecule has 0 saturated carbocycles. The highest BCUT2D eigenvalue weighted by molar-refractivity contribution is 5.94. The Balaban J connectivity index is 2.17. The number of nitrogens with two attached hydrogens (primary N) is 1. The Morgan fingerprint density at radius 2 is 2.00 bits per heavy atom. The molecule has 2 aromatic carbocycles. The second kappa shape index (κ2) is 5.74. The van der Waals surface area contributed by atoms with Crippen LogP contribution in [0.1, 0.15) is 34.5 Å². The molecule has 2 aromatic rings. The molecule has 0 aliphatic rings. The van der Waals surface area contributed by atoms with E-state index in [0.717, 1.165) is 11.1 Å². The van der Waals surface area contributed by atoms with Crippen LogP contribution in [0.2, 0.25) is 0 Å². The molecule has 1 atom stereocenters. The number of amides is 1. The van der Waals surface area contributed by atoms with Gasteiger partial charge in [-0.2, -0.15) is 0 Å². The van der Waals surface area contributed by atoms with Crippen LogP contribution in [0.3, 0.4) is 0 Å². The summed E-state index contributed by atoms with van der Waals surface area (Å²) in [7, 11) is 0. The van der Waals surface area contributed by atoms with Gasteiger partial charge in [-0.25, -0.2) is 4.39 Å². The van der Waals surface area contributed by atoms with E-state index in [1.54, 1.807) is 18.2 Å². The Morgan fingerprint density at radius 3 is 2.70 bits per heavy atom. The lowest BCUT2D eigenvalue weighted by Gasteiger charge is -2.15. The van der Waals surface area contributed by atoms with Crippen LogP contribution in [0.4, 0.5) is 10.1 Å². The molecule has 1 unspecified atom stereocenters. The number of carbonyl (C=O) groups excluding carboxylic acids is 1. The van der Waals surface area contributed by atoms with Gasteiger partial charge in [0, 0.05) is 5.69 Å². The molecule has 4 heteroatoms. The van der Waals surface area contributed by atoms with E-state index in [4.69, 9.17) is 5.73 Å². The van der Waals surface area contributed by atoms with Gasteiger partial charge in [0.2, 0.25) is 0 Å². The zero-order valence-electron chi connectivity index (χ0n) is 11.5. The number of nitrogen functional groups attached to an aromatic ring is 1. The Labute approximate surface area is 117 Å². The number of rotatable bonds is 3. The van der Waals surface area contributed by atoms with Crippen molar-refractivity contribution in [2.24, 2.45) is 0 Å². The van der Waals surface area contributed by atoms with E-state index in [9.17, 15) is 9.18 Å². The van der Waals surface area contributed by atoms with Gasteiger partial charge in [0.05, 0.1) is 11.6 Å². The predicted molar refractivity (Wildman–Crippen MR) is 77.9 cm³/mol. The van der Waals surface area contributed by atoms with Crippen molar-refractivity contribution in [3.05, 3.63) is 65.0 Å². The molecule has 3 N–H and O–H groups in total. The zero-order valence-corrected chi connectivity index (χ0v) is 11.5. The summed E-state index contributed by atoms with van der Waals surface area (Å²) >= 11 is 0. The fraction of sp³-hybridized carbons (Fsp3) is 0.188. The van der Waals surface area contributed by atoms with Crippen LogP contribution >= 0.6 is 0 Å². The largest absolute Gasteiger partial charge is 0.399 e. The molecule has 0 spiro atoms. The smallest absolute Gasteiger partial charge is 0.254 e. The van der Waals surface area contributed by atoms with Gasteiger partial charge in [-0.3, -0.25) is 4.79 Å². The van der Waals surface area contributed by atoms with Gasteiger partial charge in [-0.15, -0.1) is 0 Å². The third-order valence-corrected chi connectivity index (χ3v) is 3.12. The lowest BCUT2D eigenvalue weighted by molar-refractivity contribution is 0.0935. The average Bonchev–Trinajstić information content (AvgIpc) is 2.41. The van der Waals surface area contributed by atoms with E-state index < -0.39 is 11.7 Å². The molecule has 104 valence electrons. The van der Waals surface area contributed by atoms with Crippen LogP contribution in [-0.4, -0.2) is 5.91 Å². The van der Waals surface area contributed by atoms with Crippen molar-refractivity contribution < 1.29 is 9.18 Å². The summed E-state index contributed by atoms with van der Waals surface area (Å²) in [6, 6.07) is 11.5. The van der Waals surface area contributed by atoms with Gasteiger partial charge in [-0.05, 0) is 43.7 Å². The first-order valence-electron chi connectivity index (χ1n) is 6.40. The first-order valence-corrected chi connectivity index (χ1v) is 6.40. The van der Waals surface area contributed by atoms with Gasteiger partial charge < -0.3 is 11.1 Å². The summed E-state index contributed by atoms with van der Waals surface area (Å²) < 4.78 is 13.7. The number of halogens is 1. The highest BCUT2D eigenvalue weighted by Crippen LogP contribution is 2.17. The molecule has 1 amide bonds. The van der Waals surface area contributed by atoms with Gasteiger partial charge in [0.1, 0.15) is 5.82 Å². The number of carbonyl (C=O) groups is 1. The molecule has 0 fully saturated rings. The van der Waals surface area contributed by atoms with E-state index in [-0.39, 0.29) is 11.6 Å². The predicted octanol–water partition coefficient (Wildman–Crippen LogP) is 3.21. The SMILES string of the molecule is Cc1ccc(F)c(C(=O)NC(C)c2cccc(N)c2)c1. The molecule has 0 aliphatic heterocycles. The second-order valence-electron chi connectivity index (χ2n) is 4.85. The molecule has 0 aliphatic carbocycles. The van der Waals surface area contributed by atoms with Crippen LogP contribution in [0.25, 0.3) is 0 Å². The van der Waals surface area contributed by atoms with Gasteiger partial charge in [0.15, 0.2) is 0 Å². The van der Waals surface area contributed by atoms with Crippen molar-refractivity contribution in [1.29, 1.82) is 0 Å². The quantitative estimate of drug-likeness (QED) is 0.843. The maximum atomic E-state index is 13.7. The lowest BCUT2D eigenvalue weighted by Crippen LogP contribution is -2.27. The summed E-state index contributed by atoms with van der Waals surface area (Å²) in [6.45, 7) is 3.65. The second-order valence-corrected chi connectivity index (χ2v) is 4.85. The normalized spacial score (nSPS) is 11.9. The maximum absolute atomic E-state index is 13.7. The first kappa shape index (κ1) is 14.1. The average molecular weight is 272 g/mol. The number of nitrogens with one attached hydrogen (secondary N) is 1. The lowest BCUT2D eigenvalue weighted by atomic mass is 10.1. The number of hydrogen-bond acceptors (Lipinski definition) is 2. The Hall–Kier alpha value is -2.36. The molecular weight excluding hydrogens is 255 g/mol. The van der Waals surface area contributed by atoms with Gasteiger partial charge >= 0.3 is 0 Å². The van der Waals surface area contributed by atoms with Crippen LogP contribution in [-0.2, 0) is 0 Å². The maximum Gasteiger partial charge on any atom is 0.254 e. The molecule has 20 heavy (non-hydrogen) atoms. The Morgan fingerprint density at radius 1 is 1.25 bits per heavy atom. The Kier molecular flexibility index (Phi) is 4.03.